The first-order valence-corrected chi connectivity index (χ1v) is 23.9. The zero-order chi connectivity index (χ0) is 45.5. The molecule has 4 aromatic rings. The quantitative estimate of drug-likeness (QED) is 0.179. The number of aryl methyl sites for hydroxylation is 1. The Bertz CT molecular complexity index is 2700. The number of imide groups is 1. The van der Waals surface area contributed by atoms with Gasteiger partial charge in [-0.1, -0.05) is 66.7 Å². The third-order valence-electron chi connectivity index (χ3n) is 16.1. The second kappa shape index (κ2) is 16.7. The molecule has 1 unspecified atom stereocenters. The summed E-state index contributed by atoms with van der Waals surface area (Å²) in [4.78, 5) is 85.1. The lowest BCUT2D eigenvalue weighted by Gasteiger charge is -2.47. The second-order valence-corrected chi connectivity index (χ2v) is 20.1. The molecule has 5 amide bonds. The van der Waals surface area contributed by atoms with Crippen molar-refractivity contribution in [2.75, 3.05) is 25.5 Å². The first-order chi connectivity index (χ1) is 31.2. The van der Waals surface area contributed by atoms with Crippen LogP contribution in [0.25, 0.3) is 11.0 Å². The lowest BCUT2D eigenvalue weighted by molar-refractivity contribution is -0.149. The predicted molar refractivity (Wildman–Crippen MR) is 244 cm³/mol. The molecule has 2 aliphatic carbocycles. The molecule has 2 spiro atoms. The highest BCUT2D eigenvalue weighted by atomic mass is 35.5. The molecule has 0 bridgehead atoms. The van der Waals surface area contributed by atoms with Gasteiger partial charge >= 0.3 is 5.69 Å². The fourth-order valence-electron chi connectivity index (χ4n) is 12.8. The standard InChI is InChI=1S/C49H54Cl2FN7O6/c1-56-38-25-29(11-16-36(38)59(47(56)65)37-17-18-39(60)57(2)45(37)63)27-19-23-58(24-20-27)44(62)28-9-13-31(14-10-28)53-43(61)42-40(32-7-6-8-34(51)41(32)52)49(48(55-42)21-4-3-5-22-48)33-15-12-30(50)26-35(33)54-46(49)64/h6-8,11-12,15-16,25-28,31,37,40,42,55H,3-5,9-10,13-14,17-24H2,1-2H3,(H,53,61)(H,54,64)/t28?,31?,37?,40-,42+,49+/m0/s1. The maximum absolute atomic E-state index is 16.4. The summed E-state index contributed by atoms with van der Waals surface area (Å²) < 4.78 is 19.4. The van der Waals surface area contributed by atoms with Gasteiger partial charge in [-0.05, 0) is 111 Å². The van der Waals surface area contributed by atoms with E-state index >= 15 is 4.39 Å². The molecule has 5 heterocycles. The van der Waals surface area contributed by atoms with Crippen LogP contribution in [-0.4, -0.2) is 86.2 Å². The molecule has 6 aliphatic rings. The minimum Gasteiger partial charge on any atom is -0.352 e. The number of rotatable bonds is 6. The van der Waals surface area contributed by atoms with Crippen molar-refractivity contribution in [3.8, 4) is 0 Å². The molecule has 5 fully saturated rings. The number of imidazole rings is 1. The Kier molecular flexibility index (Phi) is 11.2. The summed E-state index contributed by atoms with van der Waals surface area (Å²) in [6, 6.07) is 14.2. The van der Waals surface area contributed by atoms with Gasteiger partial charge in [0, 0.05) is 67.7 Å². The van der Waals surface area contributed by atoms with Gasteiger partial charge in [0.15, 0.2) is 0 Å². The average molecular weight is 927 g/mol. The van der Waals surface area contributed by atoms with Crippen LogP contribution in [0.4, 0.5) is 10.1 Å². The van der Waals surface area contributed by atoms with Crippen molar-refractivity contribution in [2.24, 2.45) is 13.0 Å². The SMILES string of the molecule is CN1C(=O)CCC(n2c(=O)n(C)c3cc(C4CCN(C(=O)C5CCC(NC(=O)[C@@H]6NC7(CCCCC7)[C@@]7(C(=O)Nc8cc(Cl)ccc87)[C@H]6c6cccc(Cl)c6F)CC5)CC4)ccc32)C1=O. The van der Waals surface area contributed by atoms with Gasteiger partial charge in [0.05, 0.1) is 22.1 Å². The van der Waals surface area contributed by atoms with Crippen molar-refractivity contribution in [3.05, 3.63) is 97.6 Å². The summed E-state index contributed by atoms with van der Waals surface area (Å²) >= 11 is 12.9. The van der Waals surface area contributed by atoms with Gasteiger partial charge < -0.3 is 15.5 Å². The van der Waals surface area contributed by atoms with Crippen molar-refractivity contribution in [2.45, 2.75) is 124 Å². The number of amides is 5. The van der Waals surface area contributed by atoms with Crippen LogP contribution in [0.15, 0.2) is 59.4 Å². The maximum Gasteiger partial charge on any atom is 0.329 e. The molecule has 13 nitrogen and oxygen atoms in total. The Hall–Kier alpha value is -5.05. The predicted octanol–water partition coefficient (Wildman–Crippen LogP) is 6.84. The fraction of sp³-hybridized carbons (Fsp3) is 0.510. The summed E-state index contributed by atoms with van der Waals surface area (Å²) in [5, 5.41) is 10.5. The van der Waals surface area contributed by atoms with E-state index in [-0.39, 0.29) is 76.5 Å². The van der Waals surface area contributed by atoms with Crippen LogP contribution in [0.5, 0.6) is 0 Å². The summed E-state index contributed by atoms with van der Waals surface area (Å²) in [5.41, 5.74) is 1.51. The molecular weight excluding hydrogens is 872 g/mol. The number of fused-ring (bicyclic) bond motifs is 4. The van der Waals surface area contributed by atoms with Gasteiger partial charge in [0.25, 0.3) is 5.91 Å². The number of halogens is 3. The molecule has 65 heavy (non-hydrogen) atoms. The van der Waals surface area contributed by atoms with Gasteiger partial charge in [-0.25, -0.2) is 9.18 Å². The molecule has 3 aromatic carbocycles. The zero-order valence-corrected chi connectivity index (χ0v) is 38.2. The minimum absolute atomic E-state index is 0.0763. The Morgan fingerprint density at radius 3 is 2.32 bits per heavy atom. The minimum atomic E-state index is -1.31. The first kappa shape index (κ1) is 43.8. The van der Waals surface area contributed by atoms with Crippen LogP contribution < -0.4 is 21.6 Å². The van der Waals surface area contributed by atoms with E-state index in [1.54, 1.807) is 35.9 Å². The first-order valence-electron chi connectivity index (χ1n) is 23.2. The monoisotopic (exact) mass is 925 g/mol. The van der Waals surface area contributed by atoms with Crippen molar-refractivity contribution in [1.82, 2.24) is 29.6 Å². The van der Waals surface area contributed by atoms with Crippen LogP contribution in [0.1, 0.15) is 118 Å². The van der Waals surface area contributed by atoms with Crippen LogP contribution in [0, 0.1) is 11.7 Å². The van der Waals surface area contributed by atoms with E-state index in [9.17, 15) is 28.8 Å². The van der Waals surface area contributed by atoms with Crippen molar-refractivity contribution in [1.29, 1.82) is 0 Å². The van der Waals surface area contributed by atoms with Gasteiger partial charge in [-0.2, -0.15) is 0 Å². The number of hydrogen-bond donors (Lipinski definition) is 3. The summed E-state index contributed by atoms with van der Waals surface area (Å²) in [7, 11) is 3.16. The number of likely N-dealkylation sites (N-methyl/N-ethyl adjacent to an activating group) is 1. The molecule has 16 heteroatoms. The Morgan fingerprint density at radius 1 is 0.846 bits per heavy atom. The largest absolute Gasteiger partial charge is 0.352 e. The van der Waals surface area contributed by atoms with Gasteiger partial charge in [-0.3, -0.25) is 43.3 Å². The molecule has 4 atom stereocenters. The smallest absolute Gasteiger partial charge is 0.329 e. The summed E-state index contributed by atoms with van der Waals surface area (Å²) in [6.45, 7) is 1.21. The van der Waals surface area contributed by atoms with E-state index < -0.39 is 34.8 Å². The Balaban J connectivity index is 0.813. The highest BCUT2D eigenvalue weighted by Gasteiger charge is 2.72. The van der Waals surface area contributed by atoms with E-state index in [2.05, 4.69) is 16.0 Å². The average Bonchev–Trinajstić information content (AvgIpc) is 3.86. The topological polar surface area (TPSA) is 155 Å². The number of aromatic nitrogens is 2. The van der Waals surface area contributed by atoms with E-state index in [0.717, 1.165) is 48.1 Å². The molecule has 342 valence electrons. The van der Waals surface area contributed by atoms with Crippen LogP contribution in [0.2, 0.25) is 10.0 Å². The number of nitrogens with zero attached hydrogens (tertiary/aromatic N) is 4. The highest BCUT2D eigenvalue weighted by molar-refractivity contribution is 6.31. The molecule has 1 aromatic heterocycles. The number of nitrogens with one attached hydrogen (secondary N) is 3. The van der Waals surface area contributed by atoms with E-state index in [1.807, 2.05) is 29.2 Å². The Labute approximate surface area is 386 Å². The number of carbonyl (C=O) groups is 5. The van der Waals surface area contributed by atoms with Crippen LogP contribution in [0.3, 0.4) is 0 Å². The lowest BCUT2D eigenvalue weighted by Crippen LogP contribution is -2.60. The summed E-state index contributed by atoms with van der Waals surface area (Å²) in [6.07, 6.45) is 8.43. The van der Waals surface area contributed by atoms with Crippen molar-refractivity contribution < 1.29 is 28.4 Å². The van der Waals surface area contributed by atoms with Gasteiger partial charge in [0.1, 0.15) is 17.3 Å². The number of benzene rings is 3. The number of anilines is 1. The zero-order valence-electron chi connectivity index (χ0n) is 36.6. The fourth-order valence-corrected chi connectivity index (χ4v) is 13.1. The van der Waals surface area contributed by atoms with Crippen molar-refractivity contribution in [3.63, 3.8) is 0 Å². The van der Waals surface area contributed by atoms with Gasteiger partial charge in [-0.15, -0.1) is 0 Å². The second-order valence-electron chi connectivity index (χ2n) is 19.3. The molecule has 4 aliphatic heterocycles. The van der Waals surface area contributed by atoms with Crippen LogP contribution in [-0.2, 0) is 36.4 Å². The van der Waals surface area contributed by atoms with Crippen LogP contribution >= 0.6 is 23.2 Å². The molecule has 0 radical (unpaired) electrons. The number of piperidine rings is 2. The number of likely N-dealkylation sites (tertiary alicyclic amines) is 2. The number of carbonyl (C=O) groups excluding carboxylic acids is 5. The van der Waals surface area contributed by atoms with E-state index in [0.29, 0.717) is 73.4 Å². The molecular formula is C49H54Cl2FN7O6. The molecule has 2 saturated carbocycles. The molecule has 3 saturated heterocycles. The lowest BCUT2D eigenvalue weighted by atomic mass is 9.55. The molecule has 3 N–H and O–H groups in total. The summed E-state index contributed by atoms with van der Waals surface area (Å²) in [5.74, 6) is -2.61. The highest BCUT2D eigenvalue weighted by Crippen LogP contribution is 2.63. The Morgan fingerprint density at radius 2 is 1.58 bits per heavy atom. The van der Waals surface area contributed by atoms with Crippen molar-refractivity contribution >= 4 is 69.5 Å². The molecule has 10 rings (SSSR count). The third kappa shape index (κ3) is 6.94. The maximum atomic E-state index is 16.4. The van der Waals surface area contributed by atoms with E-state index in [1.165, 1.54) is 17.7 Å². The normalized spacial score (nSPS) is 28.0. The number of hydrogen-bond acceptors (Lipinski definition) is 7. The third-order valence-corrected chi connectivity index (χ3v) is 16.6. The van der Waals surface area contributed by atoms with Gasteiger partial charge in [0.2, 0.25) is 23.6 Å². The van der Waals surface area contributed by atoms with E-state index in [4.69, 9.17) is 23.2 Å².